The average molecular weight is 624 g/mol. The van der Waals surface area contributed by atoms with Gasteiger partial charge < -0.3 is 42.6 Å². The molecule has 0 bridgehead atoms. The Morgan fingerprint density at radius 1 is 0.911 bits per heavy atom. The SMILES string of the molecule is COC(=O)[C@H]1[C@H]2C[C@H]3c4[nH]c5cc(OC)ccc5c4CC[N+]3(C)C[C@H]2C[C@@H](OC(=O)c2cc(OC)c(OC)c(OC)c2)[C@@H]1OC. The number of fused-ring (bicyclic) bond motifs is 6. The molecule has 6 rings (SSSR count). The lowest BCUT2D eigenvalue weighted by Gasteiger charge is -2.56. The first-order valence-corrected chi connectivity index (χ1v) is 15.3. The van der Waals surface area contributed by atoms with E-state index in [2.05, 4.69) is 24.2 Å². The molecule has 242 valence electrons. The van der Waals surface area contributed by atoms with Gasteiger partial charge in [-0.1, -0.05) is 0 Å². The minimum atomic E-state index is -0.670. The molecule has 1 N–H and O–H groups in total. The molecule has 45 heavy (non-hydrogen) atoms. The predicted molar refractivity (Wildman–Crippen MR) is 165 cm³/mol. The number of ether oxygens (including phenoxy) is 7. The van der Waals surface area contributed by atoms with Gasteiger partial charge in [0, 0.05) is 42.8 Å². The van der Waals surface area contributed by atoms with Crippen LogP contribution in [0.3, 0.4) is 0 Å². The second-order valence-electron chi connectivity index (χ2n) is 12.6. The summed E-state index contributed by atoms with van der Waals surface area (Å²) in [7, 11) is 11.4. The maximum Gasteiger partial charge on any atom is 0.338 e. The van der Waals surface area contributed by atoms with Gasteiger partial charge in [-0.2, -0.15) is 0 Å². The number of carbonyl (C=O) groups excluding carboxylic acids is 2. The third-order valence-electron chi connectivity index (χ3n) is 10.5. The molecule has 3 aliphatic rings. The fraction of sp³-hybridized carbons (Fsp3) is 0.529. The van der Waals surface area contributed by atoms with Crippen LogP contribution in [0.1, 0.15) is 40.5 Å². The van der Waals surface area contributed by atoms with E-state index in [1.165, 1.54) is 45.1 Å². The van der Waals surface area contributed by atoms with Gasteiger partial charge in [-0.15, -0.1) is 0 Å². The van der Waals surface area contributed by atoms with Gasteiger partial charge in [0.05, 0.1) is 72.9 Å². The van der Waals surface area contributed by atoms with E-state index in [0.717, 1.165) is 41.7 Å². The van der Waals surface area contributed by atoms with Crippen molar-refractivity contribution in [1.29, 1.82) is 0 Å². The number of aromatic nitrogens is 1. The standard InChI is InChI=1S/C34H43N2O9/c1-36-11-10-22-21-9-8-20(39-2)15-24(21)35-30(22)25(36)16-23-19(17-36)14-28(32(43-6)29(23)34(38)44-7)45-33(37)18-12-26(40-3)31(42-5)27(13-18)41-4/h8-9,12-13,15,19,23,25,28-29,32,35H,10-11,14,16-17H2,1-7H3/q+1/t19-,23+,25+,28-,29+,32+,36?/m1/s1. The number of piperidine rings is 1. The topological polar surface area (TPSA) is 115 Å². The van der Waals surface area contributed by atoms with E-state index in [4.69, 9.17) is 33.2 Å². The van der Waals surface area contributed by atoms with Gasteiger partial charge in [-0.25, -0.2) is 4.79 Å². The minimum Gasteiger partial charge on any atom is -0.497 e. The number of H-pyrrole nitrogens is 1. The van der Waals surface area contributed by atoms with Crippen molar-refractivity contribution in [2.24, 2.45) is 17.8 Å². The fourth-order valence-electron chi connectivity index (χ4n) is 8.34. The van der Waals surface area contributed by atoms with Crippen molar-refractivity contribution in [3.8, 4) is 23.0 Å². The molecule has 2 aromatic carbocycles. The van der Waals surface area contributed by atoms with E-state index in [0.29, 0.717) is 23.7 Å². The number of aromatic amines is 1. The Morgan fingerprint density at radius 3 is 2.27 bits per heavy atom. The number of quaternary nitrogens is 1. The number of hydrogen-bond acceptors (Lipinski definition) is 9. The number of nitrogens with zero attached hydrogens (tertiary/aromatic N) is 1. The lowest BCUT2D eigenvalue weighted by Crippen LogP contribution is -2.63. The van der Waals surface area contributed by atoms with E-state index in [9.17, 15) is 9.59 Å². The fourth-order valence-corrected chi connectivity index (χ4v) is 8.34. The van der Waals surface area contributed by atoms with E-state index >= 15 is 0 Å². The zero-order chi connectivity index (χ0) is 32.0. The Labute approximate surface area is 263 Å². The normalized spacial score (nSPS) is 28.7. The molecule has 7 atom stereocenters. The largest absolute Gasteiger partial charge is 0.497 e. The van der Waals surface area contributed by atoms with E-state index in [1.807, 2.05) is 6.07 Å². The number of esters is 2. The van der Waals surface area contributed by atoms with Crippen molar-refractivity contribution in [2.75, 3.05) is 62.8 Å². The van der Waals surface area contributed by atoms with Crippen LogP contribution >= 0.6 is 0 Å². The van der Waals surface area contributed by atoms with Crippen molar-refractivity contribution < 1.29 is 47.2 Å². The van der Waals surface area contributed by atoms with Crippen molar-refractivity contribution in [3.63, 3.8) is 0 Å². The molecule has 11 heteroatoms. The first kappa shape index (κ1) is 31.0. The van der Waals surface area contributed by atoms with Crippen molar-refractivity contribution in [2.45, 2.75) is 37.5 Å². The lowest BCUT2D eigenvalue weighted by atomic mass is 9.63. The molecule has 0 spiro atoms. The lowest BCUT2D eigenvalue weighted by molar-refractivity contribution is -0.952. The number of benzene rings is 2. The molecule has 1 saturated carbocycles. The first-order valence-electron chi connectivity index (χ1n) is 15.3. The van der Waals surface area contributed by atoms with Gasteiger partial charge in [-0.3, -0.25) is 4.79 Å². The number of likely N-dealkylation sites (N-methyl/N-ethyl adjacent to an activating group) is 1. The van der Waals surface area contributed by atoms with Crippen LogP contribution in [0.5, 0.6) is 23.0 Å². The summed E-state index contributed by atoms with van der Waals surface area (Å²) in [6.07, 6.45) is 0.981. The van der Waals surface area contributed by atoms with Gasteiger partial charge >= 0.3 is 11.9 Å². The summed E-state index contributed by atoms with van der Waals surface area (Å²) < 4.78 is 40.1. The average Bonchev–Trinajstić information content (AvgIpc) is 3.43. The highest BCUT2D eigenvalue weighted by atomic mass is 16.6. The van der Waals surface area contributed by atoms with Gasteiger partial charge in [0.1, 0.15) is 24.0 Å². The van der Waals surface area contributed by atoms with Gasteiger partial charge in [-0.05, 0) is 42.2 Å². The van der Waals surface area contributed by atoms with Crippen molar-refractivity contribution in [1.82, 2.24) is 4.98 Å². The molecule has 0 amide bonds. The highest BCUT2D eigenvalue weighted by Crippen LogP contribution is 2.53. The maximum absolute atomic E-state index is 13.6. The number of rotatable bonds is 8. The Bertz CT molecular complexity index is 1580. The summed E-state index contributed by atoms with van der Waals surface area (Å²) in [6.45, 7) is 1.82. The van der Waals surface area contributed by atoms with Crippen LogP contribution < -0.4 is 18.9 Å². The van der Waals surface area contributed by atoms with Crippen LogP contribution in [-0.4, -0.2) is 96.4 Å². The number of hydrogen-bond donors (Lipinski definition) is 1. The van der Waals surface area contributed by atoms with Crippen molar-refractivity contribution in [3.05, 3.63) is 47.2 Å². The van der Waals surface area contributed by atoms with Crippen LogP contribution in [0.4, 0.5) is 0 Å². The monoisotopic (exact) mass is 623 g/mol. The molecule has 1 aromatic heterocycles. The molecule has 1 aliphatic carbocycles. The molecule has 2 aliphatic heterocycles. The zero-order valence-corrected chi connectivity index (χ0v) is 27.0. The molecule has 11 nitrogen and oxygen atoms in total. The summed E-state index contributed by atoms with van der Waals surface area (Å²) in [6, 6.07) is 9.50. The second kappa shape index (κ2) is 12.1. The minimum absolute atomic E-state index is 0.0124. The summed E-state index contributed by atoms with van der Waals surface area (Å²) in [4.78, 5) is 30.9. The van der Waals surface area contributed by atoms with Crippen LogP contribution in [0.15, 0.2) is 30.3 Å². The summed E-state index contributed by atoms with van der Waals surface area (Å²) >= 11 is 0. The number of methoxy groups -OCH3 is 6. The molecule has 3 aromatic rings. The summed E-state index contributed by atoms with van der Waals surface area (Å²) in [5.41, 5.74) is 3.89. The Balaban J connectivity index is 1.32. The first-order chi connectivity index (χ1) is 21.7. The predicted octanol–water partition coefficient (Wildman–Crippen LogP) is 4.32. The van der Waals surface area contributed by atoms with Crippen LogP contribution in [-0.2, 0) is 25.4 Å². The molecule has 3 heterocycles. The number of nitrogens with one attached hydrogen (secondary N) is 1. The third kappa shape index (κ3) is 5.15. The highest BCUT2D eigenvalue weighted by molar-refractivity contribution is 5.91. The molecular weight excluding hydrogens is 580 g/mol. The quantitative estimate of drug-likeness (QED) is 0.290. The van der Waals surface area contributed by atoms with Gasteiger partial charge in [0.2, 0.25) is 5.75 Å². The van der Waals surface area contributed by atoms with Gasteiger partial charge in [0.15, 0.2) is 11.5 Å². The maximum atomic E-state index is 13.6. The molecular formula is C34H43N2O9+. The van der Waals surface area contributed by atoms with E-state index < -0.39 is 24.1 Å². The summed E-state index contributed by atoms with van der Waals surface area (Å²) in [5, 5.41) is 1.22. The van der Waals surface area contributed by atoms with Crippen LogP contribution in [0, 0.1) is 17.8 Å². The Hall–Kier alpha value is -3.96. The van der Waals surface area contributed by atoms with E-state index in [-0.39, 0.29) is 29.4 Å². The second-order valence-corrected chi connectivity index (χ2v) is 12.6. The van der Waals surface area contributed by atoms with Gasteiger partial charge in [0.25, 0.3) is 0 Å². The Morgan fingerprint density at radius 2 is 1.64 bits per heavy atom. The van der Waals surface area contributed by atoms with E-state index in [1.54, 1.807) is 26.4 Å². The van der Waals surface area contributed by atoms with Crippen LogP contribution in [0.2, 0.25) is 0 Å². The highest BCUT2D eigenvalue weighted by Gasteiger charge is 2.58. The summed E-state index contributed by atoms with van der Waals surface area (Å²) in [5.74, 6) is 0.484. The zero-order valence-electron chi connectivity index (χ0n) is 27.0. The third-order valence-corrected chi connectivity index (χ3v) is 10.5. The molecule has 1 saturated heterocycles. The number of carbonyl (C=O) groups is 2. The smallest absolute Gasteiger partial charge is 0.338 e. The molecule has 0 radical (unpaired) electrons. The Kier molecular flexibility index (Phi) is 8.34. The van der Waals surface area contributed by atoms with Crippen molar-refractivity contribution >= 4 is 22.8 Å². The molecule has 1 unspecified atom stereocenters. The van der Waals surface area contributed by atoms with Crippen LogP contribution in [0.25, 0.3) is 10.9 Å². The molecule has 2 fully saturated rings.